The fourth-order valence-electron chi connectivity index (χ4n) is 14.2. The molecular weight excluding hydrogens is 1410 g/mol. The van der Waals surface area contributed by atoms with Crippen LogP contribution in [0.2, 0.25) is 0 Å². The van der Waals surface area contributed by atoms with Gasteiger partial charge in [-0.2, -0.15) is 0 Å². The van der Waals surface area contributed by atoms with Crippen LogP contribution in [0.3, 0.4) is 0 Å². The molecule has 19 heteroatoms. The lowest BCUT2D eigenvalue weighted by Crippen LogP contribution is -2.30. The van der Waals surface area contributed by atoms with E-state index in [1.165, 1.54) is 315 Å². The average Bonchev–Trinajstić information content (AvgIpc) is 0.901. The molecule has 0 amide bonds. The summed E-state index contributed by atoms with van der Waals surface area (Å²) < 4.78 is 69.0. The second-order valence-corrected chi connectivity index (χ2v) is 35.7. The zero-order valence-corrected chi connectivity index (χ0v) is 73.5. The van der Waals surface area contributed by atoms with Crippen LogP contribution in [0.4, 0.5) is 0 Å². The van der Waals surface area contributed by atoms with Crippen LogP contribution >= 0.6 is 15.6 Å². The molecule has 0 aromatic carbocycles. The van der Waals surface area contributed by atoms with Gasteiger partial charge in [0.1, 0.15) is 19.3 Å². The second-order valence-electron chi connectivity index (χ2n) is 32.8. The van der Waals surface area contributed by atoms with Crippen molar-refractivity contribution in [1.82, 2.24) is 0 Å². The maximum Gasteiger partial charge on any atom is 0.472 e. The van der Waals surface area contributed by atoms with E-state index in [9.17, 15) is 43.2 Å². The van der Waals surface area contributed by atoms with Crippen molar-refractivity contribution in [3.8, 4) is 0 Å². The van der Waals surface area contributed by atoms with E-state index in [1.54, 1.807) is 0 Å². The smallest absolute Gasteiger partial charge is 0.462 e. The van der Waals surface area contributed by atoms with Crippen LogP contribution in [0, 0.1) is 5.92 Å². The quantitative estimate of drug-likeness (QED) is 0.0222. The number of carbonyl (C=O) groups is 4. The molecule has 648 valence electrons. The number of carbonyl (C=O) groups excluding carboxylic acids is 4. The Labute approximate surface area is 670 Å². The summed E-state index contributed by atoms with van der Waals surface area (Å²) in [5.41, 5.74) is 0. The minimum absolute atomic E-state index is 0.109. The Morgan fingerprint density at radius 2 is 0.422 bits per heavy atom. The molecule has 0 saturated carbocycles. The highest BCUT2D eigenvalue weighted by molar-refractivity contribution is 7.47. The van der Waals surface area contributed by atoms with Crippen LogP contribution in [0.5, 0.6) is 0 Å². The molecule has 17 nitrogen and oxygen atoms in total. The molecule has 0 aliphatic rings. The van der Waals surface area contributed by atoms with Crippen molar-refractivity contribution in [1.29, 1.82) is 0 Å². The third kappa shape index (κ3) is 83.8. The molecule has 0 aliphatic carbocycles. The van der Waals surface area contributed by atoms with E-state index < -0.39 is 97.5 Å². The Bertz CT molecular complexity index is 2070. The molecule has 0 saturated heterocycles. The Morgan fingerprint density at radius 3 is 0.624 bits per heavy atom. The van der Waals surface area contributed by atoms with Crippen LogP contribution in [-0.2, 0) is 65.4 Å². The summed E-state index contributed by atoms with van der Waals surface area (Å²) in [5, 5.41) is 10.7. The van der Waals surface area contributed by atoms with Crippen LogP contribution < -0.4 is 0 Å². The fourth-order valence-corrected chi connectivity index (χ4v) is 15.8. The van der Waals surface area contributed by atoms with Crippen molar-refractivity contribution in [3.05, 3.63) is 0 Å². The summed E-state index contributed by atoms with van der Waals surface area (Å²) in [6, 6.07) is 0. The molecule has 0 rings (SSSR count). The predicted molar refractivity (Wildman–Crippen MR) is 451 cm³/mol. The maximum absolute atomic E-state index is 13.2. The molecule has 0 radical (unpaired) electrons. The van der Waals surface area contributed by atoms with Gasteiger partial charge in [0.2, 0.25) is 0 Å². The summed E-state index contributed by atoms with van der Waals surface area (Å²) in [5.74, 6) is -1.27. The van der Waals surface area contributed by atoms with Gasteiger partial charge in [0.05, 0.1) is 26.4 Å². The largest absolute Gasteiger partial charge is 0.472 e. The highest BCUT2D eigenvalue weighted by atomic mass is 31.2. The number of hydrogen-bond donors (Lipinski definition) is 3. The standard InChI is InChI=1S/C90H176O17P2/c1-6-9-12-15-18-21-24-26-28-30-32-37-41-45-49-54-59-64-69-74-88(93)101-80-86(107-90(95)76-71-66-61-56-51-47-43-39-35-34-36-40-44-48-52-57-62-67-72-83(4)5)82-105-109(98,99)103-78-84(91)77-102-108(96,97)104-81-85(79-100-87(92)73-68-63-58-53-23-20-17-14-11-8-3)106-89(94)75-70-65-60-55-50-46-42-38-33-31-29-27-25-22-19-16-13-10-7-2/h83-86,91H,6-82H2,1-5H3,(H,96,97)(H,98,99)/t84-,85+,86+/m0/s1. The minimum Gasteiger partial charge on any atom is -0.462 e. The van der Waals surface area contributed by atoms with E-state index in [0.717, 1.165) is 95.8 Å². The number of ether oxygens (including phenoxy) is 4. The molecule has 0 aromatic heterocycles. The molecule has 0 spiro atoms. The van der Waals surface area contributed by atoms with Gasteiger partial charge in [0.15, 0.2) is 12.2 Å². The molecule has 0 aromatic rings. The first-order chi connectivity index (χ1) is 53.0. The normalized spacial score (nSPS) is 13.7. The first-order valence-corrected chi connectivity index (χ1v) is 49.6. The number of unbranched alkanes of at least 4 members (excludes halogenated alkanes) is 62. The monoisotopic (exact) mass is 1590 g/mol. The summed E-state index contributed by atoms with van der Waals surface area (Å²) >= 11 is 0. The number of phosphoric ester groups is 2. The van der Waals surface area contributed by atoms with Gasteiger partial charge in [-0.05, 0) is 31.6 Å². The highest BCUT2D eigenvalue weighted by Crippen LogP contribution is 2.45. The van der Waals surface area contributed by atoms with Crippen molar-refractivity contribution in [3.63, 3.8) is 0 Å². The molecule has 0 heterocycles. The van der Waals surface area contributed by atoms with E-state index in [-0.39, 0.29) is 25.7 Å². The predicted octanol–water partition coefficient (Wildman–Crippen LogP) is 27.9. The van der Waals surface area contributed by atoms with Gasteiger partial charge in [0.25, 0.3) is 0 Å². The lowest BCUT2D eigenvalue weighted by molar-refractivity contribution is -0.161. The first-order valence-electron chi connectivity index (χ1n) is 46.6. The second kappa shape index (κ2) is 82.6. The molecule has 109 heavy (non-hydrogen) atoms. The molecule has 5 atom stereocenters. The summed E-state index contributed by atoms with van der Waals surface area (Å²) in [6.07, 6.45) is 77.9. The average molecular weight is 1590 g/mol. The van der Waals surface area contributed by atoms with Gasteiger partial charge >= 0.3 is 39.5 Å². The van der Waals surface area contributed by atoms with Crippen molar-refractivity contribution >= 4 is 39.5 Å². The number of esters is 4. The lowest BCUT2D eigenvalue weighted by atomic mass is 10.0. The summed E-state index contributed by atoms with van der Waals surface area (Å²) in [6.45, 7) is 7.42. The van der Waals surface area contributed by atoms with Crippen LogP contribution in [0.1, 0.15) is 490 Å². The van der Waals surface area contributed by atoms with Crippen LogP contribution in [0.25, 0.3) is 0 Å². The number of aliphatic hydroxyl groups is 1. The Hall–Kier alpha value is -1.94. The van der Waals surface area contributed by atoms with Crippen molar-refractivity contribution in [2.24, 2.45) is 5.92 Å². The van der Waals surface area contributed by atoms with Gasteiger partial charge < -0.3 is 33.8 Å². The highest BCUT2D eigenvalue weighted by Gasteiger charge is 2.31. The van der Waals surface area contributed by atoms with Gasteiger partial charge in [0, 0.05) is 25.7 Å². The van der Waals surface area contributed by atoms with E-state index in [4.69, 9.17) is 37.0 Å². The number of aliphatic hydroxyl groups excluding tert-OH is 1. The van der Waals surface area contributed by atoms with E-state index in [2.05, 4.69) is 34.6 Å². The van der Waals surface area contributed by atoms with Crippen molar-refractivity contribution in [2.75, 3.05) is 39.6 Å². The zero-order valence-electron chi connectivity index (χ0n) is 71.7. The van der Waals surface area contributed by atoms with Gasteiger partial charge in [-0.15, -0.1) is 0 Å². The van der Waals surface area contributed by atoms with E-state index in [1.807, 2.05) is 0 Å². The van der Waals surface area contributed by atoms with Crippen molar-refractivity contribution < 1.29 is 80.2 Å². The number of rotatable bonds is 90. The van der Waals surface area contributed by atoms with Crippen LogP contribution in [0.15, 0.2) is 0 Å². The minimum atomic E-state index is -4.97. The third-order valence-corrected chi connectivity index (χ3v) is 23.2. The fraction of sp³-hybridized carbons (Fsp3) is 0.956. The number of hydrogen-bond acceptors (Lipinski definition) is 15. The zero-order chi connectivity index (χ0) is 79.7. The molecule has 0 aliphatic heterocycles. The molecule has 3 N–H and O–H groups in total. The summed E-state index contributed by atoms with van der Waals surface area (Å²) in [4.78, 5) is 73.3. The van der Waals surface area contributed by atoms with Gasteiger partial charge in [-0.25, -0.2) is 9.13 Å². The number of phosphoric acid groups is 2. The van der Waals surface area contributed by atoms with Gasteiger partial charge in [-0.3, -0.25) is 37.3 Å². The third-order valence-electron chi connectivity index (χ3n) is 21.3. The molecule has 0 bridgehead atoms. The Balaban J connectivity index is 5.21. The lowest BCUT2D eigenvalue weighted by Gasteiger charge is -2.21. The Kier molecular flexibility index (Phi) is 81.1. The topological polar surface area (TPSA) is 237 Å². The maximum atomic E-state index is 13.2. The molecule has 0 fully saturated rings. The SMILES string of the molecule is CCCCCCCCCCCCCCCCCCCCCC(=O)OC[C@H](COP(=O)(O)OC[C@@H](O)COP(=O)(O)OC[C@@H](COC(=O)CCCCCCCCCCCC)OC(=O)CCCCCCCCCCCCCCCCCCCCC)OC(=O)CCCCCCCCCCCCCCCCCCCCC(C)C. The first kappa shape index (κ1) is 107. The van der Waals surface area contributed by atoms with Crippen molar-refractivity contribution in [2.45, 2.75) is 509 Å². The molecule has 2 unspecified atom stereocenters. The Morgan fingerprint density at radius 1 is 0.248 bits per heavy atom. The van der Waals surface area contributed by atoms with Gasteiger partial charge in [-0.1, -0.05) is 439 Å². The van der Waals surface area contributed by atoms with E-state index >= 15 is 0 Å². The van der Waals surface area contributed by atoms with Crippen LogP contribution in [-0.4, -0.2) is 96.7 Å². The van der Waals surface area contributed by atoms with E-state index in [0.29, 0.717) is 25.7 Å². The molecular formula is C90H176O17P2. The summed E-state index contributed by atoms with van der Waals surface area (Å²) in [7, 11) is -9.93.